The molecule has 41 heteroatoms. The van der Waals surface area contributed by atoms with Crippen LogP contribution in [0.5, 0.6) is 5.75 Å². The first-order valence-corrected chi connectivity index (χ1v) is 35.7. The fraction of sp³-hybridized carbons (Fsp3) is 0.631. The number of phenols is 1. The van der Waals surface area contributed by atoms with E-state index in [2.05, 4.69) is 62.8 Å². The highest BCUT2D eigenvalue weighted by atomic mass is 32.2. The zero-order chi connectivity index (χ0) is 79.4. The summed E-state index contributed by atoms with van der Waals surface area (Å²) in [5.41, 5.74) is 29.1. The van der Waals surface area contributed by atoms with Crippen molar-refractivity contribution in [1.29, 1.82) is 0 Å². The zero-order valence-electron chi connectivity index (χ0n) is 60.5. The van der Waals surface area contributed by atoms with E-state index in [1.165, 1.54) is 48.6 Å². The lowest BCUT2D eigenvalue weighted by atomic mass is 10.0. The number of imidazole rings is 1. The Morgan fingerprint density at radius 2 is 1.29 bits per heavy atom. The number of nitrogens with one attached hydrogen (secondary N) is 11. The van der Waals surface area contributed by atoms with Gasteiger partial charge in [0, 0.05) is 56.6 Å². The van der Waals surface area contributed by atoms with Crippen LogP contribution in [0.4, 0.5) is 0 Å². The summed E-state index contributed by atoms with van der Waals surface area (Å²) in [6, 6.07) is -8.67. The topological polar surface area (TPSA) is 644 Å². The maximum Gasteiger partial charge on any atom is 0.394 e. The molecular formula is C65H107N20O20S+. The molecule has 0 saturated carbocycles. The van der Waals surface area contributed by atoms with E-state index in [-0.39, 0.29) is 107 Å². The third-order valence-electron chi connectivity index (χ3n) is 16.4. The van der Waals surface area contributed by atoms with Crippen molar-refractivity contribution in [3.63, 3.8) is 0 Å². The lowest BCUT2D eigenvalue weighted by Gasteiger charge is -2.31. The third-order valence-corrected chi connectivity index (χ3v) is 17.6. The Morgan fingerprint density at radius 3 is 1.87 bits per heavy atom. The quantitative estimate of drug-likeness (QED) is 0.00962. The lowest BCUT2D eigenvalue weighted by Crippen LogP contribution is -2.60. The monoisotopic (exact) mass is 1520 g/mol. The van der Waals surface area contributed by atoms with Crippen LogP contribution in [0.15, 0.2) is 41.8 Å². The number of aliphatic carboxylic acids is 2. The number of hydrogen-bond acceptors (Lipinski definition) is 23. The van der Waals surface area contributed by atoms with Gasteiger partial charge in [-0.2, -0.15) is 11.8 Å². The van der Waals surface area contributed by atoms with E-state index in [4.69, 9.17) is 38.5 Å². The van der Waals surface area contributed by atoms with Gasteiger partial charge in [-0.05, 0) is 101 Å². The lowest BCUT2D eigenvalue weighted by molar-refractivity contribution is -0.870. The van der Waals surface area contributed by atoms with Crippen molar-refractivity contribution < 1.29 is 102 Å². The summed E-state index contributed by atoms with van der Waals surface area (Å²) in [6.07, 6.45) is 1.34. The number of carboxylic acid groups (broad SMARTS) is 2. The molecule has 0 aliphatic carbocycles. The Morgan fingerprint density at radius 1 is 0.689 bits per heavy atom. The van der Waals surface area contributed by atoms with E-state index >= 15 is 9.59 Å². The minimum atomic E-state index is -1.88. The largest absolute Gasteiger partial charge is 0.508 e. The number of hydrogen-bond donors (Lipinski definition) is 21. The van der Waals surface area contributed by atoms with Gasteiger partial charge in [0.1, 0.15) is 66.2 Å². The molecule has 0 spiro atoms. The minimum absolute atomic E-state index is 0.00245. The number of aromatic amines is 1. The Balaban J connectivity index is 2.04. The number of carbonyl (C=O) groups is 14. The number of nitrogens with two attached hydrogens (primary N) is 5. The number of quaternary nitrogens is 1. The number of thioether (sulfide) groups is 1. The number of phenolic OH excluding ortho intramolecular Hbond substituents is 1. The van der Waals surface area contributed by atoms with Crippen molar-refractivity contribution in [2.24, 2.45) is 39.6 Å². The van der Waals surface area contributed by atoms with Gasteiger partial charge in [0.2, 0.25) is 65.0 Å². The third kappa shape index (κ3) is 33.5. The molecule has 1 aromatic heterocycles. The maximum absolute atomic E-state index is 15.5. The van der Waals surface area contributed by atoms with Crippen molar-refractivity contribution in [3.05, 3.63) is 48.0 Å². The van der Waals surface area contributed by atoms with E-state index in [1.807, 2.05) is 26.5 Å². The first-order chi connectivity index (χ1) is 49.9. The molecule has 1 aliphatic heterocycles. The van der Waals surface area contributed by atoms with Crippen molar-refractivity contribution in [2.45, 2.75) is 170 Å². The summed E-state index contributed by atoms with van der Waals surface area (Å²) in [5.74, 6) is -15.7. The molecular weight excluding hydrogens is 1410 g/mol. The summed E-state index contributed by atoms with van der Waals surface area (Å²) >= 11 is 1.06. The molecule has 106 heavy (non-hydrogen) atoms. The Hall–Kier alpha value is -9.81. The van der Waals surface area contributed by atoms with Crippen molar-refractivity contribution in [1.82, 2.24) is 68.0 Å². The van der Waals surface area contributed by atoms with E-state index in [9.17, 15) is 78.0 Å². The van der Waals surface area contributed by atoms with Crippen LogP contribution in [0.2, 0.25) is 0 Å². The van der Waals surface area contributed by atoms with Crippen LogP contribution >= 0.6 is 11.8 Å². The summed E-state index contributed by atoms with van der Waals surface area (Å²) < 4.78 is 6.79. The summed E-state index contributed by atoms with van der Waals surface area (Å²) in [6.45, 7) is 2.64. The maximum atomic E-state index is 15.5. The molecule has 0 radical (unpaired) electrons. The fourth-order valence-electron chi connectivity index (χ4n) is 10.6. The average Bonchev–Trinajstić information content (AvgIpc) is 1.64. The number of guanidine groups is 1. The second-order valence-corrected chi connectivity index (χ2v) is 27.9. The standard InChI is InChI=1S/C65H106N20O20S/c1-35(2)51(82-50(90)30-73-49(89)29-74-59(97)52(36(3)87)83-54(92)41(67)32-86)60(98)77-42(13-8-10-22-85(4,5)6)55(93)78-44(14-7-9-20-66)62(100)84-31-40(105-23-12-24-106-33-47(63(101)102)81-61(99)64(103)104)27-48(84)58(96)80-46(26-38-28-71-34-75-38)57(95)76-43(15-11-21-72-65(69)70)56(94)79-45(53(68)91)25-37-16-18-39(88)19-17-37/h16-19,28,34-36,40-48,51-52,86-87H,7-15,20-27,29-33,66-67H2,1-6H3,(H19-,68,69,70,71,72,73,74,75,76,77,78,79,80,81,82,83,88,89,90,91,92,93,94,95,96,97,98,99,101,102,103,104)/p+1/t36-,40-,41+,42+,43+,44+,45+,46+,47-,48+,51+,52+/m1/s1. The van der Waals surface area contributed by atoms with Crippen LogP contribution in [0.3, 0.4) is 0 Å². The molecule has 12 amide bonds. The SMILES string of the molecule is CC(C)[C@H](NC(=O)CNC(=O)CNC(=O)[C@@H](NC(=O)[C@@H](N)CO)[C@@H](C)O)C(=O)N[C@@H](CCCC[N+](C)(C)C)C(=O)N[C@@H](CCCCN)C(=O)N1C[C@H](OCCCSC[C@@H](NC(=O)C(=O)O)C(=O)O)C[C@H]1C(=O)N[C@@H](Cc1cnc[nH]1)C(=O)N[C@@H](CCCN=C(N)N)C(=O)N[C@@H](Cc1ccc(O)cc1)C(N)=O. The number of aliphatic imine (C=N–C) groups is 1. The van der Waals surface area contributed by atoms with Crippen molar-refractivity contribution >= 4 is 101 Å². The first-order valence-electron chi connectivity index (χ1n) is 34.5. The highest BCUT2D eigenvalue weighted by molar-refractivity contribution is 7.99. The molecule has 1 aliphatic rings. The molecule has 1 fully saturated rings. The molecule has 592 valence electrons. The number of rotatable bonds is 49. The van der Waals surface area contributed by atoms with Crippen LogP contribution in [0, 0.1) is 5.92 Å². The van der Waals surface area contributed by atoms with Crippen LogP contribution in [0.25, 0.3) is 0 Å². The van der Waals surface area contributed by atoms with Gasteiger partial charge in [-0.1, -0.05) is 26.0 Å². The van der Waals surface area contributed by atoms with Gasteiger partial charge in [-0.15, -0.1) is 0 Å². The number of ether oxygens (including phenoxy) is 1. The Bertz CT molecular complexity index is 3280. The zero-order valence-corrected chi connectivity index (χ0v) is 61.3. The molecule has 2 aromatic rings. The number of likely N-dealkylation sites (tertiary alicyclic amines) is 1. The number of benzene rings is 1. The number of nitrogens with zero attached hydrogens (tertiary/aromatic N) is 4. The number of aliphatic hydroxyl groups is 2. The fourth-order valence-corrected chi connectivity index (χ4v) is 11.6. The number of aliphatic hydroxyl groups excluding tert-OH is 2. The number of primary amides is 1. The first kappa shape index (κ1) is 90.4. The molecule has 26 N–H and O–H groups in total. The molecule has 3 rings (SSSR count). The van der Waals surface area contributed by atoms with Crippen LogP contribution < -0.4 is 81.8 Å². The number of H-pyrrole nitrogens is 1. The van der Waals surface area contributed by atoms with Gasteiger partial charge in [0.05, 0.1) is 65.9 Å². The molecule has 0 bridgehead atoms. The molecule has 1 aromatic carbocycles. The molecule has 40 nitrogen and oxygen atoms in total. The molecule has 2 heterocycles. The van der Waals surface area contributed by atoms with Gasteiger partial charge in [0.15, 0.2) is 5.96 Å². The predicted molar refractivity (Wildman–Crippen MR) is 383 cm³/mol. The second kappa shape index (κ2) is 46.2. The van der Waals surface area contributed by atoms with Crippen LogP contribution in [-0.4, -0.2) is 291 Å². The number of aromatic nitrogens is 2. The minimum Gasteiger partial charge on any atom is -0.508 e. The van der Waals surface area contributed by atoms with Crippen LogP contribution in [0.1, 0.15) is 96.2 Å². The van der Waals surface area contributed by atoms with Gasteiger partial charge < -0.3 is 126 Å². The summed E-state index contributed by atoms with van der Waals surface area (Å²) in [7, 11) is 5.88. The van der Waals surface area contributed by atoms with E-state index in [0.29, 0.717) is 41.5 Å². The smallest absolute Gasteiger partial charge is 0.394 e. The normalized spacial score (nSPS) is 16.3. The van der Waals surface area contributed by atoms with Crippen LogP contribution in [-0.2, 0) is 84.7 Å². The van der Waals surface area contributed by atoms with Gasteiger partial charge >= 0.3 is 17.8 Å². The number of amides is 12. The van der Waals surface area contributed by atoms with Gasteiger partial charge in [-0.25, -0.2) is 14.6 Å². The van der Waals surface area contributed by atoms with Crippen molar-refractivity contribution in [2.75, 3.05) is 85.1 Å². The highest BCUT2D eigenvalue weighted by Crippen LogP contribution is 2.25. The molecule has 1 saturated heterocycles. The number of aromatic hydroxyl groups is 1. The average molecular weight is 1520 g/mol. The summed E-state index contributed by atoms with van der Waals surface area (Å²) in [5, 5.41) is 72.5. The molecule has 0 unspecified atom stereocenters. The van der Waals surface area contributed by atoms with E-state index < -0.39 is 181 Å². The van der Waals surface area contributed by atoms with E-state index in [0.717, 1.165) is 11.8 Å². The summed E-state index contributed by atoms with van der Waals surface area (Å²) in [4.78, 5) is 200. The number of carbonyl (C=O) groups excluding carboxylic acids is 12. The highest BCUT2D eigenvalue weighted by Gasteiger charge is 2.44. The Labute approximate surface area is 617 Å². The Kier molecular flexibility index (Phi) is 39.4. The van der Waals surface area contributed by atoms with E-state index in [1.54, 1.807) is 13.8 Å². The second-order valence-electron chi connectivity index (χ2n) is 26.7. The number of unbranched alkanes of at least 4 members (excludes halogenated alkanes) is 2. The van der Waals surface area contributed by atoms with Gasteiger partial charge in [0.25, 0.3) is 0 Å². The van der Waals surface area contributed by atoms with Crippen molar-refractivity contribution in [3.8, 4) is 5.75 Å². The number of carboxylic acids is 2. The predicted octanol–water partition coefficient (Wildman–Crippen LogP) is -7.81. The molecule has 12 atom stereocenters. The van der Waals surface area contributed by atoms with Gasteiger partial charge in [-0.3, -0.25) is 62.5 Å².